The van der Waals surface area contributed by atoms with Crippen LogP contribution in [0.1, 0.15) is 6.42 Å². The maximum atomic E-state index is 11.8. The number of methoxy groups -OCH3 is 1. The Kier molecular flexibility index (Phi) is 3.69. The van der Waals surface area contributed by atoms with Crippen LogP contribution in [0.4, 0.5) is 5.69 Å². The third-order valence-electron chi connectivity index (χ3n) is 3.45. The lowest BCUT2D eigenvalue weighted by Gasteiger charge is -2.23. The SMILES string of the molecule is COc1cccc(-c2ccc(N3CCC=CC3=O)cc2)n1. The summed E-state index contributed by atoms with van der Waals surface area (Å²) in [6.07, 6.45) is 4.43. The summed E-state index contributed by atoms with van der Waals surface area (Å²) >= 11 is 0. The predicted molar refractivity (Wildman–Crippen MR) is 82.3 cm³/mol. The largest absolute Gasteiger partial charge is 0.481 e. The number of pyridine rings is 1. The summed E-state index contributed by atoms with van der Waals surface area (Å²) in [5.74, 6) is 0.626. The minimum atomic E-state index is 0.0357. The highest BCUT2D eigenvalue weighted by Gasteiger charge is 2.15. The third kappa shape index (κ3) is 2.79. The quantitative estimate of drug-likeness (QED) is 0.867. The molecule has 0 atom stereocenters. The molecule has 0 aliphatic carbocycles. The van der Waals surface area contributed by atoms with Crippen molar-refractivity contribution in [3.63, 3.8) is 0 Å². The van der Waals surface area contributed by atoms with Crippen LogP contribution in [0.25, 0.3) is 11.3 Å². The zero-order valence-electron chi connectivity index (χ0n) is 11.8. The van der Waals surface area contributed by atoms with Gasteiger partial charge in [-0.3, -0.25) is 4.79 Å². The van der Waals surface area contributed by atoms with Gasteiger partial charge in [-0.25, -0.2) is 4.98 Å². The first kappa shape index (κ1) is 13.4. The molecule has 0 fully saturated rings. The van der Waals surface area contributed by atoms with Gasteiger partial charge in [-0.1, -0.05) is 24.3 Å². The standard InChI is InChI=1S/C17H16N2O2/c1-21-16-6-4-5-15(18-16)13-8-10-14(11-9-13)19-12-3-2-7-17(19)20/h2,4-11H,3,12H2,1H3. The number of nitrogens with zero attached hydrogens (tertiary/aromatic N) is 2. The molecule has 1 aliphatic rings. The second-order valence-corrected chi connectivity index (χ2v) is 4.79. The van der Waals surface area contributed by atoms with Gasteiger partial charge in [-0.05, 0) is 30.7 Å². The molecule has 1 amide bonds. The number of anilines is 1. The van der Waals surface area contributed by atoms with E-state index in [1.807, 2.05) is 48.5 Å². The average molecular weight is 280 g/mol. The van der Waals surface area contributed by atoms with Crippen LogP contribution in [0.2, 0.25) is 0 Å². The van der Waals surface area contributed by atoms with Gasteiger partial charge in [0.05, 0.1) is 12.8 Å². The van der Waals surface area contributed by atoms with E-state index < -0.39 is 0 Å². The van der Waals surface area contributed by atoms with Crippen molar-refractivity contribution < 1.29 is 9.53 Å². The van der Waals surface area contributed by atoms with E-state index in [0.717, 1.165) is 29.9 Å². The second-order valence-electron chi connectivity index (χ2n) is 4.79. The van der Waals surface area contributed by atoms with Gasteiger partial charge in [0.1, 0.15) is 0 Å². The van der Waals surface area contributed by atoms with E-state index in [9.17, 15) is 4.79 Å². The molecule has 0 unspecified atom stereocenters. The van der Waals surface area contributed by atoms with Gasteiger partial charge >= 0.3 is 0 Å². The Morgan fingerprint density at radius 3 is 2.67 bits per heavy atom. The summed E-state index contributed by atoms with van der Waals surface area (Å²) in [5.41, 5.74) is 2.76. The molecule has 0 saturated heterocycles. The molecule has 1 aromatic heterocycles. The molecule has 1 aliphatic heterocycles. The van der Waals surface area contributed by atoms with Crippen LogP contribution < -0.4 is 9.64 Å². The van der Waals surface area contributed by atoms with E-state index in [4.69, 9.17) is 4.74 Å². The fourth-order valence-corrected chi connectivity index (χ4v) is 2.35. The van der Waals surface area contributed by atoms with Gasteiger partial charge in [-0.15, -0.1) is 0 Å². The van der Waals surface area contributed by atoms with Crippen LogP contribution in [0.5, 0.6) is 5.88 Å². The molecule has 21 heavy (non-hydrogen) atoms. The molecule has 106 valence electrons. The van der Waals surface area contributed by atoms with Crippen molar-refractivity contribution in [2.24, 2.45) is 0 Å². The van der Waals surface area contributed by atoms with Crippen molar-refractivity contribution in [3.05, 3.63) is 54.6 Å². The van der Waals surface area contributed by atoms with Crippen molar-refractivity contribution >= 4 is 11.6 Å². The van der Waals surface area contributed by atoms with Gasteiger partial charge in [0.15, 0.2) is 0 Å². The Morgan fingerprint density at radius 1 is 1.14 bits per heavy atom. The molecular formula is C17H16N2O2. The second kappa shape index (κ2) is 5.79. The molecular weight excluding hydrogens is 264 g/mol. The summed E-state index contributed by atoms with van der Waals surface area (Å²) in [5, 5.41) is 0. The van der Waals surface area contributed by atoms with Crippen molar-refractivity contribution in [1.82, 2.24) is 4.98 Å². The number of rotatable bonds is 3. The molecule has 3 rings (SSSR count). The highest BCUT2D eigenvalue weighted by molar-refractivity contribution is 6.02. The highest BCUT2D eigenvalue weighted by atomic mass is 16.5. The molecule has 1 aromatic carbocycles. The van der Waals surface area contributed by atoms with Crippen LogP contribution in [-0.4, -0.2) is 24.5 Å². The molecule has 0 radical (unpaired) electrons. The molecule has 4 nitrogen and oxygen atoms in total. The minimum Gasteiger partial charge on any atom is -0.481 e. The maximum Gasteiger partial charge on any atom is 0.250 e. The number of aromatic nitrogens is 1. The number of carbonyl (C=O) groups excluding carboxylic acids is 1. The molecule has 4 heteroatoms. The zero-order valence-corrected chi connectivity index (χ0v) is 11.8. The topological polar surface area (TPSA) is 42.4 Å². The Balaban J connectivity index is 1.86. The van der Waals surface area contributed by atoms with Gasteiger partial charge in [-0.2, -0.15) is 0 Å². The molecule has 2 aromatic rings. The lowest BCUT2D eigenvalue weighted by Crippen LogP contribution is -2.32. The fraction of sp³-hybridized carbons (Fsp3) is 0.176. The van der Waals surface area contributed by atoms with Gasteiger partial charge in [0.2, 0.25) is 5.88 Å². The fourth-order valence-electron chi connectivity index (χ4n) is 2.35. The smallest absolute Gasteiger partial charge is 0.250 e. The Hall–Kier alpha value is -2.62. The zero-order chi connectivity index (χ0) is 14.7. The number of carbonyl (C=O) groups is 1. The summed E-state index contributed by atoms with van der Waals surface area (Å²) in [4.78, 5) is 18.0. The van der Waals surface area contributed by atoms with E-state index in [1.54, 1.807) is 18.1 Å². The third-order valence-corrected chi connectivity index (χ3v) is 3.45. The average Bonchev–Trinajstić information content (AvgIpc) is 2.56. The Morgan fingerprint density at radius 2 is 1.95 bits per heavy atom. The first-order chi connectivity index (χ1) is 10.3. The maximum absolute atomic E-state index is 11.8. The summed E-state index contributed by atoms with van der Waals surface area (Å²) in [6, 6.07) is 13.5. The van der Waals surface area contributed by atoms with E-state index in [0.29, 0.717) is 5.88 Å². The number of benzene rings is 1. The van der Waals surface area contributed by atoms with Crippen LogP contribution in [0.15, 0.2) is 54.6 Å². The van der Waals surface area contributed by atoms with Crippen LogP contribution >= 0.6 is 0 Å². The summed E-state index contributed by atoms with van der Waals surface area (Å²) in [6.45, 7) is 0.728. The van der Waals surface area contributed by atoms with Crippen molar-refractivity contribution in [3.8, 4) is 17.1 Å². The van der Waals surface area contributed by atoms with Crippen LogP contribution in [0, 0.1) is 0 Å². The number of hydrogen-bond acceptors (Lipinski definition) is 3. The Labute approximate surface area is 123 Å². The normalized spacial score (nSPS) is 14.3. The monoisotopic (exact) mass is 280 g/mol. The van der Waals surface area contributed by atoms with Crippen LogP contribution in [-0.2, 0) is 4.79 Å². The first-order valence-corrected chi connectivity index (χ1v) is 6.87. The number of amides is 1. The lowest BCUT2D eigenvalue weighted by molar-refractivity contribution is -0.114. The molecule has 2 heterocycles. The van der Waals surface area contributed by atoms with E-state index in [1.165, 1.54) is 0 Å². The van der Waals surface area contributed by atoms with Gasteiger partial charge in [0.25, 0.3) is 5.91 Å². The number of hydrogen-bond donors (Lipinski definition) is 0. The lowest BCUT2D eigenvalue weighted by atomic mass is 10.1. The van der Waals surface area contributed by atoms with E-state index in [-0.39, 0.29) is 5.91 Å². The highest BCUT2D eigenvalue weighted by Crippen LogP contribution is 2.24. The van der Waals surface area contributed by atoms with Crippen molar-refractivity contribution in [2.75, 3.05) is 18.6 Å². The molecule has 0 saturated carbocycles. The first-order valence-electron chi connectivity index (χ1n) is 6.87. The van der Waals surface area contributed by atoms with Crippen molar-refractivity contribution in [2.45, 2.75) is 6.42 Å². The van der Waals surface area contributed by atoms with E-state index >= 15 is 0 Å². The molecule has 0 bridgehead atoms. The van der Waals surface area contributed by atoms with Gasteiger partial charge < -0.3 is 9.64 Å². The predicted octanol–water partition coefficient (Wildman–Crippen LogP) is 3.05. The number of ether oxygens (including phenoxy) is 1. The summed E-state index contributed by atoms with van der Waals surface area (Å²) in [7, 11) is 1.60. The van der Waals surface area contributed by atoms with Gasteiger partial charge in [0, 0.05) is 23.9 Å². The summed E-state index contributed by atoms with van der Waals surface area (Å²) < 4.78 is 5.14. The molecule has 0 N–H and O–H groups in total. The Bertz CT molecular complexity index is 677. The van der Waals surface area contributed by atoms with E-state index in [2.05, 4.69) is 4.98 Å². The van der Waals surface area contributed by atoms with Crippen LogP contribution in [0.3, 0.4) is 0 Å². The minimum absolute atomic E-state index is 0.0357. The van der Waals surface area contributed by atoms with Crippen molar-refractivity contribution in [1.29, 1.82) is 0 Å². The molecule has 0 spiro atoms.